The van der Waals surface area contributed by atoms with E-state index < -0.39 is 5.97 Å². The number of rotatable bonds is 3. The third kappa shape index (κ3) is 2.49. The predicted octanol–water partition coefficient (Wildman–Crippen LogP) is 3.06. The molecule has 0 saturated carbocycles. The highest BCUT2D eigenvalue weighted by atomic mass is 16.4. The summed E-state index contributed by atoms with van der Waals surface area (Å²) in [4.78, 5) is 22.8. The first-order valence-electron chi connectivity index (χ1n) is 7.10. The summed E-state index contributed by atoms with van der Waals surface area (Å²) in [5, 5.41) is 8.92. The third-order valence-electron chi connectivity index (χ3n) is 4.08. The summed E-state index contributed by atoms with van der Waals surface area (Å²) < 4.78 is 2.17. The van der Waals surface area contributed by atoms with Gasteiger partial charge in [-0.1, -0.05) is 12.1 Å². The van der Waals surface area contributed by atoms with Crippen LogP contribution in [0.5, 0.6) is 0 Å². The Morgan fingerprint density at radius 2 is 1.95 bits per heavy atom. The van der Waals surface area contributed by atoms with E-state index >= 15 is 0 Å². The van der Waals surface area contributed by atoms with Crippen molar-refractivity contribution in [2.75, 3.05) is 0 Å². The molecule has 4 heteroatoms. The lowest BCUT2D eigenvalue weighted by atomic mass is 9.96. The molecule has 0 amide bonds. The van der Waals surface area contributed by atoms with Crippen LogP contribution < -0.4 is 0 Å². The minimum absolute atomic E-state index is 0.235. The van der Waals surface area contributed by atoms with Gasteiger partial charge in [-0.05, 0) is 43.5 Å². The second-order valence-corrected chi connectivity index (χ2v) is 5.51. The van der Waals surface area contributed by atoms with E-state index in [0.29, 0.717) is 18.5 Å². The van der Waals surface area contributed by atoms with Crippen LogP contribution in [0.15, 0.2) is 30.3 Å². The fourth-order valence-corrected chi connectivity index (χ4v) is 2.95. The number of hydrogen-bond acceptors (Lipinski definition) is 2. The lowest BCUT2D eigenvalue weighted by Gasteiger charge is -2.16. The molecule has 2 aromatic rings. The summed E-state index contributed by atoms with van der Waals surface area (Å²) in [6, 6.07) is 8.88. The van der Waals surface area contributed by atoms with E-state index in [2.05, 4.69) is 4.57 Å². The summed E-state index contributed by atoms with van der Waals surface area (Å²) in [5.41, 5.74) is 4.39. The van der Waals surface area contributed by atoms with Gasteiger partial charge < -0.3 is 9.67 Å². The van der Waals surface area contributed by atoms with Crippen molar-refractivity contribution in [2.45, 2.75) is 32.7 Å². The Morgan fingerprint density at radius 3 is 2.62 bits per heavy atom. The maximum Gasteiger partial charge on any atom is 0.335 e. The Balaban J connectivity index is 1.91. The number of carboxylic acids is 1. The van der Waals surface area contributed by atoms with Crippen LogP contribution in [0, 0.1) is 6.92 Å². The smallest absolute Gasteiger partial charge is 0.335 e. The van der Waals surface area contributed by atoms with Gasteiger partial charge >= 0.3 is 5.97 Å². The van der Waals surface area contributed by atoms with Crippen LogP contribution >= 0.6 is 0 Å². The monoisotopic (exact) mass is 283 g/mol. The van der Waals surface area contributed by atoms with Crippen molar-refractivity contribution in [2.24, 2.45) is 0 Å². The molecular formula is C17H17NO3. The average molecular weight is 283 g/mol. The normalized spacial score (nSPS) is 14.0. The number of Topliss-reactive ketones (excluding diaryl/α,β-unsaturated/α-hetero) is 1. The van der Waals surface area contributed by atoms with Gasteiger partial charge in [0, 0.05) is 29.9 Å². The largest absolute Gasteiger partial charge is 0.478 e. The molecule has 0 spiro atoms. The molecule has 1 heterocycles. The molecule has 0 atom stereocenters. The van der Waals surface area contributed by atoms with Crippen molar-refractivity contribution in [3.05, 3.63) is 58.4 Å². The number of carbonyl (C=O) groups excluding carboxylic acids is 1. The number of carboxylic acid groups (broad SMARTS) is 1. The van der Waals surface area contributed by atoms with E-state index in [-0.39, 0.29) is 5.78 Å². The van der Waals surface area contributed by atoms with Crippen LogP contribution in [0.4, 0.5) is 0 Å². The molecule has 0 aliphatic heterocycles. The molecule has 0 bridgehead atoms. The number of fused-ring (bicyclic) bond motifs is 1. The van der Waals surface area contributed by atoms with Crippen molar-refractivity contribution < 1.29 is 14.7 Å². The number of carbonyl (C=O) groups is 2. The zero-order valence-corrected chi connectivity index (χ0v) is 11.9. The Labute approximate surface area is 123 Å². The second-order valence-electron chi connectivity index (χ2n) is 5.51. The van der Waals surface area contributed by atoms with Gasteiger partial charge in [-0.15, -0.1) is 0 Å². The lowest BCUT2D eigenvalue weighted by molar-refractivity contribution is 0.0696. The molecule has 0 fully saturated rings. The average Bonchev–Trinajstić information content (AvgIpc) is 2.78. The van der Waals surface area contributed by atoms with Crippen LogP contribution in [0.25, 0.3) is 0 Å². The highest BCUT2D eigenvalue weighted by molar-refractivity contribution is 5.98. The number of aromatic carboxylic acids is 1. The first-order chi connectivity index (χ1) is 10.1. The molecule has 1 aromatic heterocycles. The number of ketones is 1. The zero-order valence-electron chi connectivity index (χ0n) is 11.9. The zero-order chi connectivity index (χ0) is 15.0. The second kappa shape index (κ2) is 5.20. The van der Waals surface area contributed by atoms with Gasteiger partial charge in [0.15, 0.2) is 5.78 Å². The van der Waals surface area contributed by atoms with Gasteiger partial charge in [0.25, 0.3) is 0 Å². The fraction of sp³-hybridized carbons (Fsp3) is 0.294. The number of benzene rings is 1. The molecule has 0 saturated heterocycles. The summed E-state index contributed by atoms with van der Waals surface area (Å²) in [6.45, 7) is 2.69. The minimum atomic E-state index is -0.915. The Morgan fingerprint density at radius 1 is 1.24 bits per heavy atom. The Hall–Kier alpha value is -2.36. The quantitative estimate of drug-likeness (QED) is 0.941. The van der Waals surface area contributed by atoms with Gasteiger partial charge in [0.1, 0.15) is 0 Å². The molecule has 21 heavy (non-hydrogen) atoms. The number of aryl methyl sites for hydroxylation is 1. The molecule has 1 aromatic carbocycles. The van der Waals surface area contributed by atoms with Gasteiger partial charge in [-0.3, -0.25) is 4.79 Å². The van der Waals surface area contributed by atoms with Crippen LogP contribution in [0.3, 0.4) is 0 Å². The molecule has 0 radical (unpaired) electrons. The summed E-state index contributed by atoms with van der Waals surface area (Å²) in [5.74, 6) is -0.680. The van der Waals surface area contributed by atoms with Crippen LogP contribution in [-0.2, 0) is 13.0 Å². The minimum Gasteiger partial charge on any atom is -0.478 e. The van der Waals surface area contributed by atoms with Crippen LogP contribution in [0.1, 0.15) is 50.5 Å². The summed E-state index contributed by atoms with van der Waals surface area (Å²) in [6.07, 6.45) is 2.49. The van der Waals surface area contributed by atoms with Crippen molar-refractivity contribution >= 4 is 11.8 Å². The van der Waals surface area contributed by atoms with Gasteiger partial charge in [-0.2, -0.15) is 0 Å². The SMILES string of the molecule is Cc1cc2c(n1Cc1ccc(C(=O)O)cc1)CCCC2=O. The third-order valence-corrected chi connectivity index (χ3v) is 4.08. The maximum atomic E-state index is 11.9. The Bertz CT molecular complexity index is 710. The highest BCUT2D eigenvalue weighted by Gasteiger charge is 2.22. The van der Waals surface area contributed by atoms with Crippen molar-refractivity contribution in [1.29, 1.82) is 0 Å². The Kier molecular flexibility index (Phi) is 3.37. The van der Waals surface area contributed by atoms with E-state index in [1.165, 1.54) is 0 Å². The van der Waals surface area contributed by atoms with Gasteiger partial charge in [-0.25, -0.2) is 4.79 Å². The van der Waals surface area contributed by atoms with E-state index in [9.17, 15) is 9.59 Å². The van der Waals surface area contributed by atoms with Gasteiger partial charge in [0.05, 0.1) is 5.56 Å². The number of hydrogen-bond donors (Lipinski definition) is 1. The molecule has 4 nitrogen and oxygen atoms in total. The standard InChI is InChI=1S/C17H17NO3/c1-11-9-14-15(3-2-4-16(14)19)18(11)10-12-5-7-13(8-6-12)17(20)21/h5-9H,2-4,10H2,1H3,(H,20,21). The predicted molar refractivity (Wildman–Crippen MR) is 78.9 cm³/mol. The highest BCUT2D eigenvalue weighted by Crippen LogP contribution is 2.25. The van der Waals surface area contributed by atoms with Crippen molar-refractivity contribution in [3.63, 3.8) is 0 Å². The number of aromatic nitrogens is 1. The molecule has 0 unspecified atom stereocenters. The molecule has 108 valence electrons. The fourth-order valence-electron chi connectivity index (χ4n) is 2.95. The maximum absolute atomic E-state index is 11.9. The molecule has 1 N–H and O–H groups in total. The van der Waals surface area contributed by atoms with Gasteiger partial charge in [0.2, 0.25) is 0 Å². The lowest BCUT2D eigenvalue weighted by Crippen LogP contribution is -2.14. The van der Waals surface area contributed by atoms with E-state index in [1.807, 2.05) is 25.1 Å². The summed E-state index contributed by atoms with van der Waals surface area (Å²) >= 11 is 0. The molecular weight excluding hydrogens is 266 g/mol. The molecule has 1 aliphatic carbocycles. The first kappa shape index (κ1) is 13.6. The van der Waals surface area contributed by atoms with E-state index in [4.69, 9.17) is 5.11 Å². The van der Waals surface area contributed by atoms with E-state index in [0.717, 1.165) is 35.4 Å². The summed E-state index contributed by atoms with van der Waals surface area (Å²) in [7, 11) is 0. The molecule has 3 rings (SSSR count). The number of nitrogens with zero attached hydrogens (tertiary/aromatic N) is 1. The van der Waals surface area contributed by atoms with Crippen LogP contribution in [0.2, 0.25) is 0 Å². The molecule has 1 aliphatic rings. The van der Waals surface area contributed by atoms with Crippen molar-refractivity contribution in [1.82, 2.24) is 4.57 Å². The first-order valence-corrected chi connectivity index (χ1v) is 7.10. The van der Waals surface area contributed by atoms with Crippen molar-refractivity contribution in [3.8, 4) is 0 Å². The van der Waals surface area contributed by atoms with Crippen LogP contribution in [-0.4, -0.2) is 21.4 Å². The topological polar surface area (TPSA) is 59.3 Å². The van der Waals surface area contributed by atoms with E-state index in [1.54, 1.807) is 12.1 Å².